The highest BCUT2D eigenvalue weighted by atomic mass is 15.2. The summed E-state index contributed by atoms with van der Waals surface area (Å²) in [4.78, 5) is 2.59. The maximum absolute atomic E-state index is 5.97. The van der Waals surface area contributed by atoms with Crippen molar-refractivity contribution in [2.75, 3.05) is 19.6 Å². The lowest BCUT2D eigenvalue weighted by atomic mass is 10.0. The molecule has 0 aliphatic carbocycles. The van der Waals surface area contributed by atoms with Crippen molar-refractivity contribution in [2.24, 2.45) is 11.7 Å². The Bertz CT molecular complexity index is 170. The van der Waals surface area contributed by atoms with Crippen molar-refractivity contribution >= 4 is 0 Å². The number of nitrogens with zero attached hydrogens (tertiary/aromatic N) is 1. The van der Waals surface area contributed by atoms with E-state index >= 15 is 0 Å². The lowest BCUT2D eigenvalue weighted by Gasteiger charge is -2.32. The minimum absolute atomic E-state index is 0.602. The highest BCUT2D eigenvalue weighted by Gasteiger charge is 2.16. The van der Waals surface area contributed by atoms with Gasteiger partial charge in [-0.2, -0.15) is 0 Å². The van der Waals surface area contributed by atoms with Crippen LogP contribution in [-0.4, -0.2) is 30.6 Å². The van der Waals surface area contributed by atoms with Gasteiger partial charge in [-0.25, -0.2) is 0 Å². The highest BCUT2D eigenvalue weighted by Crippen LogP contribution is 2.14. The summed E-state index contributed by atoms with van der Waals surface area (Å²) in [6.07, 6.45) is 9.39. The highest BCUT2D eigenvalue weighted by molar-refractivity contribution is 4.73. The third-order valence-corrected chi connectivity index (χ3v) is 4.08. The van der Waals surface area contributed by atoms with Crippen molar-refractivity contribution in [3.05, 3.63) is 0 Å². The Morgan fingerprint density at radius 2 is 1.67 bits per heavy atom. The molecule has 0 saturated carbocycles. The molecule has 2 atom stereocenters. The van der Waals surface area contributed by atoms with Crippen LogP contribution in [0, 0.1) is 5.92 Å². The molecule has 18 heavy (non-hydrogen) atoms. The van der Waals surface area contributed by atoms with Crippen LogP contribution in [0.3, 0.4) is 0 Å². The molecule has 0 radical (unpaired) electrons. The molecule has 110 valence electrons. The second-order valence-electron chi connectivity index (χ2n) is 5.69. The maximum atomic E-state index is 5.97. The molecule has 2 N–H and O–H groups in total. The molecular weight excluding hydrogens is 220 g/mol. The number of hydrogen-bond acceptors (Lipinski definition) is 2. The smallest absolute Gasteiger partial charge is 0.0218 e. The van der Waals surface area contributed by atoms with E-state index in [2.05, 4.69) is 32.6 Å². The van der Waals surface area contributed by atoms with E-state index in [0.717, 1.165) is 19.0 Å². The van der Waals surface area contributed by atoms with Crippen LogP contribution < -0.4 is 5.73 Å². The van der Waals surface area contributed by atoms with Crippen molar-refractivity contribution in [2.45, 2.75) is 78.7 Å². The van der Waals surface area contributed by atoms with Gasteiger partial charge in [0.2, 0.25) is 0 Å². The van der Waals surface area contributed by atoms with Crippen molar-refractivity contribution in [3.8, 4) is 0 Å². The second-order valence-corrected chi connectivity index (χ2v) is 5.69. The van der Waals surface area contributed by atoms with Crippen LogP contribution in [0.2, 0.25) is 0 Å². The monoisotopic (exact) mass is 256 g/mol. The van der Waals surface area contributed by atoms with Crippen molar-refractivity contribution in [1.29, 1.82) is 0 Å². The zero-order valence-corrected chi connectivity index (χ0v) is 13.3. The fraction of sp³-hybridized carbons (Fsp3) is 1.00. The van der Waals surface area contributed by atoms with Gasteiger partial charge >= 0.3 is 0 Å². The van der Waals surface area contributed by atoms with Gasteiger partial charge in [0.15, 0.2) is 0 Å². The fourth-order valence-electron chi connectivity index (χ4n) is 2.50. The predicted molar refractivity (Wildman–Crippen MR) is 82.9 cm³/mol. The first-order valence-corrected chi connectivity index (χ1v) is 8.13. The summed E-state index contributed by atoms with van der Waals surface area (Å²) >= 11 is 0. The fourth-order valence-corrected chi connectivity index (χ4v) is 2.50. The Kier molecular flexibility index (Phi) is 11.9. The van der Waals surface area contributed by atoms with E-state index in [9.17, 15) is 0 Å². The molecule has 2 heteroatoms. The first kappa shape index (κ1) is 17.9. The van der Waals surface area contributed by atoms with Crippen LogP contribution >= 0.6 is 0 Å². The van der Waals surface area contributed by atoms with Crippen LogP contribution in [-0.2, 0) is 0 Å². The first-order valence-electron chi connectivity index (χ1n) is 8.13. The summed E-state index contributed by atoms with van der Waals surface area (Å²) in [7, 11) is 0. The number of hydrogen-bond donors (Lipinski definition) is 1. The summed E-state index contributed by atoms with van der Waals surface area (Å²) < 4.78 is 0. The van der Waals surface area contributed by atoms with Crippen LogP contribution in [0.1, 0.15) is 72.6 Å². The molecule has 0 amide bonds. The zero-order chi connectivity index (χ0) is 13.8. The maximum Gasteiger partial charge on any atom is 0.0218 e. The summed E-state index contributed by atoms with van der Waals surface area (Å²) in [6.45, 7) is 12.3. The Morgan fingerprint density at radius 1 is 1.00 bits per heavy atom. The van der Waals surface area contributed by atoms with E-state index in [4.69, 9.17) is 5.73 Å². The summed E-state index contributed by atoms with van der Waals surface area (Å²) in [5, 5.41) is 0. The van der Waals surface area contributed by atoms with Gasteiger partial charge in [-0.15, -0.1) is 0 Å². The number of likely N-dealkylation sites (N-methyl/N-ethyl adjacent to an activating group) is 1. The van der Waals surface area contributed by atoms with Gasteiger partial charge in [-0.05, 0) is 18.9 Å². The molecule has 0 saturated heterocycles. The largest absolute Gasteiger partial charge is 0.329 e. The van der Waals surface area contributed by atoms with Gasteiger partial charge in [0, 0.05) is 19.1 Å². The molecular formula is C16H36N2. The van der Waals surface area contributed by atoms with Gasteiger partial charge in [-0.1, -0.05) is 66.2 Å². The predicted octanol–water partition coefficient (Wildman–Crippen LogP) is 4.04. The van der Waals surface area contributed by atoms with E-state index in [1.54, 1.807) is 0 Å². The normalized spacial score (nSPS) is 15.0. The Labute approximate surface area is 115 Å². The third kappa shape index (κ3) is 8.10. The molecule has 0 aromatic carbocycles. The second kappa shape index (κ2) is 12.0. The zero-order valence-electron chi connectivity index (χ0n) is 13.3. The molecule has 0 aromatic heterocycles. The number of nitrogens with two attached hydrogens (primary N) is 1. The summed E-state index contributed by atoms with van der Waals surface area (Å²) in [5.74, 6) is 0.791. The molecule has 0 spiro atoms. The lowest BCUT2D eigenvalue weighted by molar-refractivity contribution is 0.170. The van der Waals surface area contributed by atoms with Crippen LogP contribution in [0.15, 0.2) is 0 Å². The van der Waals surface area contributed by atoms with E-state index in [0.29, 0.717) is 6.04 Å². The van der Waals surface area contributed by atoms with Gasteiger partial charge < -0.3 is 5.73 Å². The average Bonchev–Trinajstić information content (AvgIpc) is 2.40. The van der Waals surface area contributed by atoms with Crippen LogP contribution in [0.4, 0.5) is 0 Å². The SMILES string of the molecule is CCCCCCCC(CN)N(CC)CC(C)CC. The molecule has 0 fully saturated rings. The lowest BCUT2D eigenvalue weighted by Crippen LogP contribution is -2.42. The minimum Gasteiger partial charge on any atom is -0.329 e. The minimum atomic E-state index is 0.602. The van der Waals surface area contributed by atoms with E-state index < -0.39 is 0 Å². The van der Waals surface area contributed by atoms with Gasteiger partial charge in [0.25, 0.3) is 0 Å². The standard InChI is InChI=1S/C16H36N2/c1-5-8-9-10-11-12-16(13-17)18(7-3)14-15(4)6-2/h15-16H,5-14,17H2,1-4H3. The molecule has 0 rings (SSSR count). The van der Waals surface area contributed by atoms with E-state index in [1.807, 2.05) is 0 Å². The van der Waals surface area contributed by atoms with Gasteiger partial charge in [0.05, 0.1) is 0 Å². The van der Waals surface area contributed by atoms with Gasteiger partial charge in [-0.3, -0.25) is 4.90 Å². The molecule has 0 heterocycles. The Hall–Kier alpha value is -0.0800. The van der Waals surface area contributed by atoms with E-state index in [1.165, 1.54) is 51.5 Å². The topological polar surface area (TPSA) is 29.3 Å². The average molecular weight is 256 g/mol. The molecule has 0 aliphatic rings. The summed E-state index contributed by atoms with van der Waals surface area (Å²) in [6, 6.07) is 0.602. The Balaban J connectivity index is 3.94. The first-order chi connectivity index (χ1) is 8.69. The molecule has 0 aliphatic heterocycles. The van der Waals surface area contributed by atoms with Crippen molar-refractivity contribution in [1.82, 2.24) is 4.90 Å². The number of rotatable bonds is 12. The molecule has 2 unspecified atom stereocenters. The Morgan fingerprint density at radius 3 is 2.17 bits per heavy atom. The summed E-state index contributed by atoms with van der Waals surface area (Å²) in [5.41, 5.74) is 5.97. The third-order valence-electron chi connectivity index (χ3n) is 4.08. The van der Waals surface area contributed by atoms with Crippen molar-refractivity contribution < 1.29 is 0 Å². The quantitative estimate of drug-likeness (QED) is 0.534. The van der Waals surface area contributed by atoms with Crippen LogP contribution in [0.25, 0.3) is 0 Å². The van der Waals surface area contributed by atoms with E-state index in [-0.39, 0.29) is 0 Å². The molecule has 0 aromatic rings. The number of unbranched alkanes of at least 4 members (excludes halogenated alkanes) is 4. The van der Waals surface area contributed by atoms with Crippen LogP contribution in [0.5, 0.6) is 0 Å². The molecule has 0 bridgehead atoms. The van der Waals surface area contributed by atoms with Crippen molar-refractivity contribution in [3.63, 3.8) is 0 Å². The van der Waals surface area contributed by atoms with Gasteiger partial charge in [0.1, 0.15) is 0 Å². The molecule has 2 nitrogen and oxygen atoms in total.